The molecule has 1 aliphatic rings. The Morgan fingerprint density at radius 1 is 1.22 bits per heavy atom. The zero-order chi connectivity index (χ0) is 12.2. The number of anilines is 1. The lowest BCUT2D eigenvalue weighted by Crippen LogP contribution is -2.02. The summed E-state index contributed by atoms with van der Waals surface area (Å²) in [4.78, 5) is 4.51. The van der Waals surface area contributed by atoms with E-state index in [2.05, 4.69) is 45.0 Å². The highest BCUT2D eigenvalue weighted by molar-refractivity contribution is 7.09. The third-order valence-corrected chi connectivity index (χ3v) is 3.83. The summed E-state index contributed by atoms with van der Waals surface area (Å²) in [6, 6.07) is 10.6. The van der Waals surface area contributed by atoms with Gasteiger partial charge in [-0.25, -0.2) is 4.98 Å². The van der Waals surface area contributed by atoms with E-state index >= 15 is 0 Å². The molecule has 0 spiro atoms. The number of hydrogen-bond acceptors (Lipinski definition) is 4. The molecule has 1 aromatic heterocycles. The SMILES string of the molecule is c1ccc(CCCNc2nc(C3CC3)ns2)cc1. The monoisotopic (exact) mass is 259 g/mol. The first-order valence-corrected chi connectivity index (χ1v) is 7.30. The van der Waals surface area contributed by atoms with Crippen LogP contribution in [0.5, 0.6) is 0 Å². The largest absolute Gasteiger partial charge is 0.360 e. The van der Waals surface area contributed by atoms with E-state index in [0.29, 0.717) is 5.92 Å². The van der Waals surface area contributed by atoms with Gasteiger partial charge in [-0.1, -0.05) is 30.3 Å². The summed E-state index contributed by atoms with van der Waals surface area (Å²) in [5.74, 6) is 1.70. The fraction of sp³-hybridized carbons (Fsp3) is 0.429. The van der Waals surface area contributed by atoms with Crippen LogP contribution in [0.3, 0.4) is 0 Å². The lowest BCUT2D eigenvalue weighted by atomic mass is 10.1. The van der Waals surface area contributed by atoms with Gasteiger partial charge in [0.05, 0.1) is 0 Å². The molecule has 94 valence electrons. The van der Waals surface area contributed by atoms with Crippen molar-refractivity contribution in [2.45, 2.75) is 31.6 Å². The van der Waals surface area contributed by atoms with E-state index in [1.54, 1.807) is 0 Å². The molecule has 3 nitrogen and oxygen atoms in total. The highest BCUT2D eigenvalue weighted by atomic mass is 32.1. The van der Waals surface area contributed by atoms with E-state index in [4.69, 9.17) is 0 Å². The Morgan fingerprint density at radius 2 is 2.06 bits per heavy atom. The second-order valence-electron chi connectivity index (χ2n) is 4.75. The minimum Gasteiger partial charge on any atom is -0.360 e. The van der Waals surface area contributed by atoms with Crippen LogP contribution in [-0.2, 0) is 6.42 Å². The zero-order valence-corrected chi connectivity index (χ0v) is 11.1. The number of nitrogens with one attached hydrogen (secondary N) is 1. The third kappa shape index (κ3) is 3.07. The van der Waals surface area contributed by atoms with E-state index in [9.17, 15) is 0 Å². The smallest absolute Gasteiger partial charge is 0.202 e. The molecular weight excluding hydrogens is 242 g/mol. The van der Waals surface area contributed by atoms with Crippen LogP contribution in [-0.4, -0.2) is 15.9 Å². The van der Waals surface area contributed by atoms with Crippen molar-refractivity contribution in [3.8, 4) is 0 Å². The summed E-state index contributed by atoms with van der Waals surface area (Å²) in [5.41, 5.74) is 1.40. The lowest BCUT2D eigenvalue weighted by molar-refractivity contribution is 0.859. The molecule has 3 rings (SSSR count). The van der Waals surface area contributed by atoms with Crippen molar-refractivity contribution in [2.75, 3.05) is 11.9 Å². The molecule has 0 aliphatic heterocycles. The van der Waals surface area contributed by atoms with Crippen LogP contribution in [0.4, 0.5) is 5.13 Å². The van der Waals surface area contributed by atoms with Crippen molar-refractivity contribution in [1.29, 1.82) is 0 Å². The maximum absolute atomic E-state index is 4.51. The summed E-state index contributed by atoms with van der Waals surface area (Å²) < 4.78 is 4.38. The van der Waals surface area contributed by atoms with Crippen molar-refractivity contribution >= 4 is 16.7 Å². The minimum absolute atomic E-state index is 0.654. The first-order chi connectivity index (χ1) is 8.92. The normalized spacial score (nSPS) is 14.7. The van der Waals surface area contributed by atoms with Gasteiger partial charge in [0.15, 0.2) is 0 Å². The predicted molar refractivity (Wildman–Crippen MR) is 75.1 cm³/mol. The minimum atomic E-state index is 0.654. The van der Waals surface area contributed by atoms with Gasteiger partial charge in [0.2, 0.25) is 5.13 Å². The lowest BCUT2D eigenvalue weighted by Gasteiger charge is -2.02. The van der Waals surface area contributed by atoms with Gasteiger partial charge in [-0.2, -0.15) is 4.37 Å². The summed E-state index contributed by atoms with van der Waals surface area (Å²) in [6.07, 6.45) is 4.78. The van der Waals surface area contributed by atoms with Crippen molar-refractivity contribution in [2.24, 2.45) is 0 Å². The zero-order valence-electron chi connectivity index (χ0n) is 10.3. The van der Waals surface area contributed by atoms with E-state index < -0.39 is 0 Å². The topological polar surface area (TPSA) is 37.8 Å². The van der Waals surface area contributed by atoms with E-state index in [-0.39, 0.29) is 0 Å². The average molecular weight is 259 g/mol. The van der Waals surface area contributed by atoms with Gasteiger partial charge in [0.25, 0.3) is 0 Å². The fourth-order valence-electron chi connectivity index (χ4n) is 1.95. The second kappa shape index (κ2) is 5.48. The van der Waals surface area contributed by atoms with E-state index in [1.165, 1.54) is 29.9 Å². The van der Waals surface area contributed by atoms with Gasteiger partial charge in [0.1, 0.15) is 5.82 Å². The molecule has 0 bridgehead atoms. The number of benzene rings is 1. The number of rotatable bonds is 6. The Kier molecular flexibility index (Phi) is 3.55. The fourth-order valence-corrected chi connectivity index (χ4v) is 2.62. The first-order valence-electron chi connectivity index (χ1n) is 6.53. The van der Waals surface area contributed by atoms with Crippen molar-refractivity contribution in [1.82, 2.24) is 9.36 Å². The van der Waals surface area contributed by atoms with Crippen LogP contribution in [0.2, 0.25) is 0 Å². The Labute approximate surface area is 111 Å². The summed E-state index contributed by atoms with van der Waals surface area (Å²) >= 11 is 1.49. The van der Waals surface area contributed by atoms with Crippen LogP contribution in [0.15, 0.2) is 30.3 Å². The molecule has 0 atom stereocenters. The molecule has 0 amide bonds. The van der Waals surface area contributed by atoms with Gasteiger partial charge < -0.3 is 5.32 Å². The van der Waals surface area contributed by atoms with Crippen LogP contribution < -0.4 is 5.32 Å². The average Bonchev–Trinajstić information content (AvgIpc) is 3.16. The molecule has 0 saturated heterocycles. The molecule has 4 heteroatoms. The van der Waals surface area contributed by atoms with E-state index in [0.717, 1.165) is 30.3 Å². The predicted octanol–water partition coefficient (Wildman–Crippen LogP) is 3.46. The van der Waals surface area contributed by atoms with E-state index in [1.807, 2.05) is 0 Å². The maximum atomic E-state index is 4.51. The van der Waals surface area contributed by atoms with Gasteiger partial charge in [-0.3, -0.25) is 0 Å². The van der Waals surface area contributed by atoms with Crippen LogP contribution in [0.25, 0.3) is 0 Å². The number of hydrogen-bond donors (Lipinski definition) is 1. The third-order valence-electron chi connectivity index (χ3n) is 3.15. The quantitative estimate of drug-likeness (QED) is 0.807. The number of nitrogens with zero attached hydrogens (tertiary/aromatic N) is 2. The maximum Gasteiger partial charge on any atom is 0.202 e. The van der Waals surface area contributed by atoms with Gasteiger partial charge in [-0.15, -0.1) is 0 Å². The van der Waals surface area contributed by atoms with Crippen molar-refractivity contribution < 1.29 is 0 Å². The molecule has 18 heavy (non-hydrogen) atoms. The molecule has 1 fully saturated rings. The summed E-state index contributed by atoms with van der Waals surface area (Å²) in [7, 11) is 0. The summed E-state index contributed by atoms with van der Waals surface area (Å²) in [5, 5.41) is 4.34. The van der Waals surface area contributed by atoms with Crippen molar-refractivity contribution in [3.63, 3.8) is 0 Å². The molecule has 0 unspecified atom stereocenters. The number of aromatic nitrogens is 2. The highest BCUT2D eigenvalue weighted by Crippen LogP contribution is 2.39. The Morgan fingerprint density at radius 3 is 2.83 bits per heavy atom. The standard InChI is InChI=1S/C14H17N3S/c1-2-5-11(6-3-1)7-4-10-15-14-16-13(17-18-14)12-8-9-12/h1-3,5-6,12H,4,7-10H2,(H,15,16,17). The molecule has 0 radical (unpaired) electrons. The molecule has 1 heterocycles. The van der Waals surface area contributed by atoms with Gasteiger partial charge >= 0.3 is 0 Å². The van der Waals surface area contributed by atoms with Crippen LogP contribution in [0.1, 0.15) is 36.6 Å². The van der Waals surface area contributed by atoms with Crippen LogP contribution >= 0.6 is 11.5 Å². The van der Waals surface area contributed by atoms with Gasteiger partial charge in [0, 0.05) is 24.0 Å². The molecule has 1 aromatic carbocycles. The molecular formula is C14H17N3S. The van der Waals surface area contributed by atoms with Crippen LogP contribution in [0, 0.1) is 0 Å². The number of aryl methyl sites for hydroxylation is 1. The highest BCUT2D eigenvalue weighted by Gasteiger charge is 2.27. The van der Waals surface area contributed by atoms with Gasteiger partial charge in [-0.05, 0) is 31.2 Å². The second-order valence-corrected chi connectivity index (χ2v) is 5.50. The Balaban J connectivity index is 1.41. The Hall–Kier alpha value is -1.42. The Bertz CT molecular complexity index is 491. The van der Waals surface area contributed by atoms with Crippen molar-refractivity contribution in [3.05, 3.63) is 41.7 Å². The summed E-state index contributed by atoms with van der Waals surface area (Å²) in [6.45, 7) is 0.966. The molecule has 2 aromatic rings. The molecule has 1 saturated carbocycles. The molecule has 1 N–H and O–H groups in total. The first kappa shape index (κ1) is 11.7. The molecule has 1 aliphatic carbocycles.